The Hall–Kier alpha value is -1.89. The fourth-order valence-corrected chi connectivity index (χ4v) is 4.72. The quantitative estimate of drug-likeness (QED) is 0.743. The van der Waals surface area contributed by atoms with E-state index in [1.165, 1.54) is 4.90 Å². The summed E-state index contributed by atoms with van der Waals surface area (Å²) in [5, 5.41) is 9.53. The number of aryl methyl sites for hydroxylation is 1. The first-order valence-electron chi connectivity index (χ1n) is 8.92. The lowest BCUT2D eigenvalue weighted by Crippen LogP contribution is -2.42. The van der Waals surface area contributed by atoms with E-state index in [2.05, 4.69) is 0 Å². The molecule has 1 aliphatic rings. The van der Waals surface area contributed by atoms with E-state index >= 15 is 0 Å². The molecule has 6 nitrogen and oxygen atoms in total. The molecule has 7 heteroatoms. The molecule has 1 heterocycles. The average molecular weight is 381 g/mol. The van der Waals surface area contributed by atoms with Gasteiger partial charge in [-0.15, -0.1) is 0 Å². The first-order valence-corrected chi connectivity index (χ1v) is 10.7. The first kappa shape index (κ1) is 20.4. The second-order valence-corrected chi connectivity index (χ2v) is 9.55. The van der Waals surface area contributed by atoms with Gasteiger partial charge < -0.3 is 10.0 Å². The maximum atomic E-state index is 12.4. The number of nitrogens with zero attached hydrogens (tertiary/aromatic N) is 1. The van der Waals surface area contributed by atoms with Crippen molar-refractivity contribution < 1.29 is 23.1 Å². The van der Waals surface area contributed by atoms with E-state index in [-0.39, 0.29) is 18.2 Å². The lowest BCUT2D eigenvalue weighted by atomic mass is 9.76. The van der Waals surface area contributed by atoms with Crippen molar-refractivity contribution in [2.75, 3.05) is 24.6 Å². The SMILES string of the molecule is CC(C)C1(C(=O)O)CCN(C(=O)CS(=O)(=O)CCCc2ccccc2)C1. The molecule has 144 valence electrons. The van der Waals surface area contributed by atoms with E-state index in [1.807, 2.05) is 44.2 Å². The van der Waals surface area contributed by atoms with E-state index in [9.17, 15) is 23.1 Å². The Bertz CT molecular complexity index is 744. The maximum Gasteiger partial charge on any atom is 0.311 e. The van der Waals surface area contributed by atoms with E-state index < -0.39 is 32.9 Å². The molecule has 0 spiro atoms. The Kier molecular flexibility index (Phi) is 6.44. The number of hydrogen-bond donors (Lipinski definition) is 1. The molecule has 1 unspecified atom stereocenters. The normalized spacial score (nSPS) is 20.5. The summed E-state index contributed by atoms with van der Waals surface area (Å²) in [5.41, 5.74) is 0.0870. The zero-order valence-corrected chi connectivity index (χ0v) is 16.2. The van der Waals surface area contributed by atoms with Gasteiger partial charge in [0.05, 0.1) is 11.2 Å². The molecule has 1 atom stereocenters. The molecule has 26 heavy (non-hydrogen) atoms. The molecular weight excluding hydrogens is 354 g/mol. The highest BCUT2D eigenvalue weighted by molar-refractivity contribution is 7.92. The van der Waals surface area contributed by atoms with Crippen molar-refractivity contribution in [1.29, 1.82) is 0 Å². The number of rotatable bonds is 8. The number of likely N-dealkylation sites (tertiary alicyclic amines) is 1. The minimum Gasteiger partial charge on any atom is -0.481 e. The Balaban J connectivity index is 1.89. The van der Waals surface area contributed by atoms with Gasteiger partial charge in [0.15, 0.2) is 9.84 Å². The zero-order valence-electron chi connectivity index (χ0n) is 15.3. The summed E-state index contributed by atoms with van der Waals surface area (Å²) in [7, 11) is -3.50. The van der Waals surface area contributed by atoms with Gasteiger partial charge in [0.25, 0.3) is 0 Å². The summed E-state index contributed by atoms with van der Waals surface area (Å²) in [5.74, 6) is -2.13. The van der Waals surface area contributed by atoms with Gasteiger partial charge in [-0.25, -0.2) is 8.42 Å². The van der Waals surface area contributed by atoms with Crippen LogP contribution < -0.4 is 0 Å². The average Bonchev–Trinajstić information content (AvgIpc) is 3.02. The molecule has 0 saturated carbocycles. The number of carboxylic acid groups (broad SMARTS) is 1. The van der Waals surface area contributed by atoms with Crippen molar-refractivity contribution in [3.05, 3.63) is 35.9 Å². The van der Waals surface area contributed by atoms with Crippen LogP contribution in [0, 0.1) is 11.3 Å². The van der Waals surface area contributed by atoms with E-state index in [1.54, 1.807) is 0 Å². The molecule has 0 aliphatic carbocycles. The molecule has 1 aliphatic heterocycles. The standard InChI is InChI=1S/C19H27NO5S/c1-15(2)19(18(22)23)10-11-20(14-19)17(21)13-26(24,25)12-6-9-16-7-4-3-5-8-16/h3-5,7-8,15H,6,9-14H2,1-2H3,(H,22,23). The van der Waals surface area contributed by atoms with E-state index in [0.29, 0.717) is 25.8 Å². The predicted molar refractivity (Wildman–Crippen MR) is 99.5 cm³/mol. The number of benzene rings is 1. The zero-order chi connectivity index (χ0) is 19.4. The fourth-order valence-electron chi connectivity index (χ4n) is 3.43. The highest BCUT2D eigenvalue weighted by Crippen LogP contribution is 2.38. The van der Waals surface area contributed by atoms with E-state index in [4.69, 9.17) is 0 Å². The van der Waals surface area contributed by atoms with Crippen molar-refractivity contribution in [2.24, 2.45) is 11.3 Å². The smallest absolute Gasteiger partial charge is 0.311 e. The molecule has 1 aromatic rings. The molecule has 0 aromatic heterocycles. The number of amides is 1. The van der Waals surface area contributed by atoms with Gasteiger partial charge in [-0.2, -0.15) is 0 Å². The number of carbonyl (C=O) groups excluding carboxylic acids is 1. The Morgan fingerprint density at radius 2 is 1.88 bits per heavy atom. The monoisotopic (exact) mass is 381 g/mol. The van der Waals surface area contributed by atoms with Crippen molar-refractivity contribution in [1.82, 2.24) is 4.90 Å². The number of sulfone groups is 1. The molecule has 2 rings (SSSR count). The lowest BCUT2D eigenvalue weighted by Gasteiger charge is -2.28. The molecular formula is C19H27NO5S. The van der Waals surface area contributed by atoms with Crippen LogP contribution >= 0.6 is 0 Å². The van der Waals surface area contributed by atoms with Crippen molar-refractivity contribution in [3.63, 3.8) is 0 Å². The Morgan fingerprint density at radius 1 is 1.23 bits per heavy atom. The van der Waals surface area contributed by atoms with Gasteiger partial charge in [0.1, 0.15) is 5.75 Å². The minimum absolute atomic E-state index is 0.0459. The Labute approximate surface area is 155 Å². The van der Waals surface area contributed by atoms with Crippen molar-refractivity contribution in [3.8, 4) is 0 Å². The largest absolute Gasteiger partial charge is 0.481 e. The number of carbonyl (C=O) groups is 2. The molecule has 1 N–H and O–H groups in total. The van der Waals surface area contributed by atoms with Crippen LogP contribution in [-0.2, 0) is 25.8 Å². The van der Waals surface area contributed by atoms with Gasteiger partial charge in [-0.3, -0.25) is 9.59 Å². The molecule has 0 bridgehead atoms. The lowest BCUT2D eigenvalue weighted by molar-refractivity contribution is -0.151. The Morgan fingerprint density at radius 3 is 2.42 bits per heavy atom. The van der Waals surface area contributed by atoms with Crippen molar-refractivity contribution >= 4 is 21.7 Å². The summed E-state index contributed by atoms with van der Waals surface area (Å²) in [4.78, 5) is 25.4. The highest BCUT2D eigenvalue weighted by atomic mass is 32.2. The van der Waals surface area contributed by atoms with Crippen LogP contribution in [0.15, 0.2) is 30.3 Å². The third-order valence-corrected chi connectivity index (χ3v) is 6.89. The second-order valence-electron chi connectivity index (χ2n) is 7.36. The molecule has 0 radical (unpaired) electrons. The summed E-state index contributed by atoms with van der Waals surface area (Å²) < 4.78 is 24.5. The molecule has 1 saturated heterocycles. The topological polar surface area (TPSA) is 91.8 Å². The molecule has 1 amide bonds. The molecule has 1 aromatic carbocycles. The van der Waals surface area contributed by atoms with Crippen LogP contribution in [0.1, 0.15) is 32.3 Å². The molecule has 1 fully saturated rings. The number of aliphatic carboxylic acids is 1. The van der Waals surface area contributed by atoms with Crippen LogP contribution in [0.2, 0.25) is 0 Å². The van der Waals surface area contributed by atoms with Gasteiger partial charge in [-0.1, -0.05) is 44.2 Å². The van der Waals surface area contributed by atoms with Gasteiger partial charge in [-0.05, 0) is 30.7 Å². The van der Waals surface area contributed by atoms with Crippen LogP contribution in [-0.4, -0.2) is 54.9 Å². The van der Waals surface area contributed by atoms with Crippen LogP contribution in [0.3, 0.4) is 0 Å². The van der Waals surface area contributed by atoms with E-state index in [0.717, 1.165) is 5.56 Å². The van der Waals surface area contributed by atoms with Crippen LogP contribution in [0.25, 0.3) is 0 Å². The summed E-state index contributed by atoms with van der Waals surface area (Å²) in [6, 6.07) is 9.61. The summed E-state index contributed by atoms with van der Waals surface area (Å²) in [6.07, 6.45) is 1.47. The number of hydrogen-bond acceptors (Lipinski definition) is 4. The van der Waals surface area contributed by atoms with Gasteiger partial charge >= 0.3 is 5.97 Å². The van der Waals surface area contributed by atoms with Gasteiger partial charge in [0, 0.05) is 13.1 Å². The highest BCUT2D eigenvalue weighted by Gasteiger charge is 2.48. The van der Waals surface area contributed by atoms with Crippen LogP contribution in [0.4, 0.5) is 0 Å². The second kappa shape index (κ2) is 8.20. The minimum atomic E-state index is -3.50. The van der Waals surface area contributed by atoms with Gasteiger partial charge in [0.2, 0.25) is 5.91 Å². The third kappa shape index (κ3) is 4.84. The maximum absolute atomic E-state index is 12.4. The summed E-state index contributed by atoms with van der Waals surface area (Å²) >= 11 is 0. The summed E-state index contributed by atoms with van der Waals surface area (Å²) in [6.45, 7) is 4.02. The third-order valence-electron chi connectivity index (χ3n) is 5.29. The van der Waals surface area contributed by atoms with Crippen molar-refractivity contribution in [2.45, 2.75) is 33.1 Å². The predicted octanol–water partition coefficient (Wildman–Crippen LogP) is 1.99. The number of carboxylic acids is 1. The fraction of sp³-hybridized carbons (Fsp3) is 0.579. The first-order chi connectivity index (χ1) is 12.2. The van der Waals surface area contributed by atoms with Crippen LogP contribution in [0.5, 0.6) is 0 Å².